The summed E-state index contributed by atoms with van der Waals surface area (Å²) in [5.74, 6) is -0.172. The number of benzene rings is 2. The minimum atomic E-state index is -4.34. The molecule has 0 bridgehead atoms. The Bertz CT molecular complexity index is 763. The average Bonchev–Trinajstić information content (AvgIpc) is 3.09. The summed E-state index contributed by atoms with van der Waals surface area (Å²) in [4.78, 5) is 14.7. The summed E-state index contributed by atoms with van der Waals surface area (Å²) in [6, 6.07) is 16.7. The van der Waals surface area contributed by atoms with Crippen LogP contribution in [0.4, 0.5) is 13.2 Å². The van der Waals surface area contributed by atoms with Gasteiger partial charge in [-0.3, -0.25) is 9.69 Å². The number of halogens is 3. The summed E-state index contributed by atoms with van der Waals surface area (Å²) in [6.07, 6.45) is -3.45. The zero-order valence-electron chi connectivity index (χ0n) is 15.4. The molecule has 1 saturated heterocycles. The number of hydrogen-bond acceptors (Lipinski definition) is 3. The number of alkyl halides is 3. The average molecular weight is 392 g/mol. The van der Waals surface area contributed by atoms with E-state index < -0.39 is 12.8 Å². The van der Waals surface area contributed by atoms with Crippen molar-refractivity contribution in [3.8, 4) is 0 Å². The highest BCUT2D eigenvalue weighted by Gasteiger charge is 2.27. The van der Waals surface area contributed by atoms with Gasteiger partial charge < -0.3 is 10.1 Å². The molecule has 1 unspecified atom stereocenters. The molecule has 0 spiro atoms. The quantitative estimate of drug-likeness (QED) is 0.780. The lowest BCUT2D eigenvalue weighted by Crippen LogP contribution is -2.37. The van der Waals surface area contributed by atoms with E-state index in [0.717, 1.165) is 26.1 Å². The summed E-state index contributed by atoms with van der Waals surface area (Å²) in [5, 5.41) is 3.03. The van der Waals surface area contributed by atoms with Crippen molar-refractivity contribution in [2.45, 2.75) is 31.8 Å². The molecule has 3 rings (SSSR count). The van der Waals surface area contributed by atoms with Crippen LogP contribution in [-0.4, -0.2) is 42.7 Å². The first-order valence-corrected chi connectivity index (χ1v) is 9.19. The van der Waals surface area contributed by atoms with Crippen molar-refractivity contribution in [3.63, 3.8) is 0 Å². The van der Waals surface area contributed by atoms with Gasteiger partial charge in [0.05, 0.1) is 6.61 Å². The molecule has 1 N–H and O–H groups in total. The van der Waals surface area contributed by atoms with Crippen molar-refractivity contribution in [1.29, 1.82) is 0 Å². The van der Waals surface area contributed by atoms with Crippen LogP contribution in [0.15, 0.2) is 54.6 Å². The number of nitrogens with zero attached hydrogens (tertiary/aromatic N) is 1. The molecule has 1 aliphatic heterocycles. The Labute approximate surface area is 162 Å². The highest BCUT2D eigenvalue weighted by molar-refractivity contribution is 5.94. The largest absolute Gasteiger partial charge is 0.411 e. The van der Waals surface area contributed by atoms with Crippen LogP contribution in [0.2, 0.25) is 0 Å². The van der Waals surface area contributed by atoms with E-state index in [9.17, 15) is 18.0 Å². The van der Waals surface area contributed by atoms with E-state index in [2.05, 4.69) is 27.1 Å². The summed E-state index contributed by atoms with van der Waals surface area (Å²) in [6.45, 7) is 1.16. The zero-order chi connectivity index (χ0) is 20.0. The Morgan fingerprint density at radius 3 is 2.46 bits per heavy atom. The molecular formula is C21H23F3N2O2. The van der Waals surface area contributed by atoms with E-state index >= 15 is 0 Å². The van der Waals surface area contributed by atoms with Crippen LogP contribution in [0, 0.1) is 0 Å². The molecule has 2 aromatic rings. The molecule has 1 atom stereocenters. The number of hydrogen-bond donors (Lipinski definition) is 1. The number of ether oxygens (including phenoxy) is 1. The second kappa shape index (κ2) is 9.21. The van der Waals surface area contributed by atoms with Crippen molar-refractivity contribution in [1.82, 2.24) is 10.2 Å². The fraction of sp³-hybridized carbons (Fsp3) is 0.381. The lowest BCUT2D eigenvalue weighted by molar-refractivity contribution is -0.176. The van der Waals surface area contributed by atoms with Gasteiger partial charge in [-0.2, -0.15) is 13.2 Å². The number of rotatable bonds is 7. The van der Waals surface area contributed by atoms with Crippen molar-refractivity contribution in [2.75, 3.05) is 19.7 Å². The van der Waals surface area contributed by atoms with E-state index in [1.165, 1.54) is 5.56 Å². The Morgan fingerprint density at radius 2 is 1.79 bits per heavy atom. The van der Waals surface area contributed by atoms with Gasteiger partial charge in [0.1, 0.15) is 6.61 Å². The van der Waals surface area contributed by atoms with Crippen LogP contribution in [0.3, 0.4) is 0 Å². The number of amides is 1. The Morgan fingerprint density at radius 1 is 1.07 bits per heavy atom. The van der Waals surface area contributed by atoms with Crippen LogP contribution < -0.4 is 5.32 Å². The molecule has 1 aliphatic rings. The van der Waals surface area contributed by atoms with Crippen LogP contribution in [0.1, 0.15) is 27.9 Å². The third kappa shape index (κ3) is 6.35. The summed E-state index contributed by atoms with van der Waals surface area (Å²) < 4.78 is 40.9. The lowest BCUT2D eigenvalue weighted by atomic mass is 10.1. The minimum absolute atomic E-state index is 0.0889. The predicted molar refractivity (Wildman–Crippen MR) is 99.7 cm³/mol. The Kier molecular flexibility index (Phi) is 6.70. The van der Waals surface area contributed by atoms with Crippen LogP contribution in [-0.2, 0) is 17.9 Å². The minimum Gasteiger partial charge on any atom is -0.367 e. The van der Waals surface area contributed by atoms with E-state index in [0.29, 0.717) is 11.1 Å². The van der Waals surface area contributed by atoms with Gasteiger partial charge in [0.2, 0.25) is 0 Å². The molecule has 1 amide bonds. The van der Waals surface area contributed by atoms with Crippen LogP contribution >= 0.6 is 0 Å². The maximum Gasteiger partial charge on any atom is 0.411 e. The fourth-order valence-corrected chi connectivity index (χ4v) is 3.24. The normalized spacial score (nSPS) is 17.6. The molecule has 7 heteroatoms. The highest BCUT2D eigenvalue weighted by atomic mass is 19.4. The first-order valence-electron chi connectivity index (χ1n) is 9.19. The van der Waals surface area contributed by atoms with Crippen molar-refractivity contribution >= 4 is 5.91 Å². The summed E-state index contributed by atoms with van der Waals surface area (Å²) >= 11 is 0. The number of carbonyl (C=O) groups excluding carboxylic acids is 1. The predicted octanol–water partition coefficient (Wildman–Crippen LogP) is 3.77. The molecule has 28 heavy (non-hydrogen) atoms. The lowest BCUT2D eigenvalue weighted by Gasteiger charge is -2.17. The standard InChI is InChI=1S/C21H23F3N2O2/c22-21(23,24)15-28-14-17-6-8-18(9-7-17)20(27)25-19-10-11-26(13-19)12-16-4-2-1-3-5-16/h1-9,19H,10-15H2,(H,25,27). The topological polar surface area (TPSA) is 41.6 Å². The SMILES string of the molecule is O=C(NC1CCN(Cc2ccccc2)C1)c1ccc(COCC(F)(F)F)cc1. The first-order chi connectivity index (χ1) is 13.4. The number of nitrogens with one attached hydrogen (secondary N) is 1. The van der Waals surface area contributed by atoms with E-state index in [1.54, 1.807) is 24.3 Å². The van der Waals surface area contributed by atoms with Gasteiger partial charge in [-0.05, 0) is 29.7 Å². The fourth-order valence-electron chi connectivity index (χ4n) is 3.24. The second-order valence-electron chi connectivity index (χ2n) is 6.98. The first kappa shape index (κ1) is 20.4. The molecule has 0 aliphatic carbocycles. The highest BCUT2D eigenvalue weighted by Crippen LogP contribution is 2.17. The molecule has 0 saturated carbocycles. The van der Waals surface area contributed by atoms with E-state index in [-0.39, 0.29) is 18.6 Å². The third-order valence-corrected chi connectivity index (χ3v) is 4.61. The van der Waals surface area contributed by atoms with Gasteiger partial charge in [-0.25, -0.2) is 0 Å². The van der Waals surface area contributed by atoms with Crippen molar-refractivity contribution in [3.05, 3.63) is 71.3 Å². The summed E-state index contributed by atoms with van der Waals surface area (Å²) in [5.41, 5.74) is 2.33. The van der Waals surface area contributed by atoms with Gasteiger partial charge in [0, 0.05) is 31.2 Å². The number of carbonyl (C=O) groups is 1. The molecular weight excluding hydrogens is 369 g/mol. The van der Waals surface area contributed by atoms with Crippen LogP contribution in [0.5, 0.6) is 0 Å². The third-order valence-electron chi connectivity index (χ3n) is 4.61. The van der Waals surface area contributed by atoms with Gasteiger partial charge in [-0.15, -0.1) is 0 Å². The molecule has 4 nitrogen and oxygen atoms in total. The molecule has 150 valence electrons. The second-order valence-corrected chi connectivity index (χ2v) is 6.98. The Balaban J connectivity index is 1.44. The van der Waals surface area contributed by atoms with Crippen LogP contribution in [0.25, 0.3) is 0 Å². The van der Waals surface area contributed by atoms with Crippen molar-refractivity contribution in [2.24, 2.45) is 0 Å². The molecule has 0 aromatic heterocycles. The zero-order valence-corrected chi connectivity index (χ0v) is 15.4. The van der Waals surface area contributed by atoms with Gasteiger partial charge in [0.25, 0.3) is 5.91 Å². The number of likely N-dealkylation sites (tertiary alicyclic amines) is 1. The van der Waals surface area contributed by atoms with E-state index in [4.69, 9.17) is 0 Å². The summed E-state index contributed by atoms with van der Waals surface area (Å²) in [7, 11) is 0. The Hall–Kier alpha value is -2.38. The van der Waals surface area contributed by atoms with Gasteiger partial charge >= 0.3 is 6.18 Å². The molecule has 1 heterocycles. The van der Waals surface area contributed by atoms with Crippen molar-refractivity contribution < 1.29 is 22.7 Å². The maximum atomic E-state index is 12.4. The molecule has 0 radical (unpaired) electrons. The van der Waals surface area contributed by atoms with E-state index in [1.807, 2.05) is 18.2 Å². The monoisotopic (exact) mass is 392 g/mol. The molecule has 2 aromatic carbocycles. The smallest absolute Gasteiger partial charge is 0.367 e. The maximum absolute atomic E-state index is 12.4. The van der Waals surface area contributed by atoms with Gasteiger partial charge in [0.15, 0.2) is 0 Å². The molecule has 1 fully saturated rings. The van der Waals surface area contributed by atoms with Gasteiger partial charge in [-0.1, -0.05) is 42.5 Å².